The summed E-state index contributed by atoms with van der Waals surface area (Å²) in [6.45, 7) is 8.39. The van der Waals surface area contributed by atoms with Gasteiger partial charge < -0.3 is 10.1 Å². The number of nitrogens with zero attached hydrogens (tertiary/aromatic N) is 2. The third-order valence-corrected chi connectivity index (χ3v) is 4.54. The quantitative estimate of drug-likeness (QED) is 0.826. The zero-order valence-corrected chi connectivity index (χ0v) is 14.4. The van der Waals surface area contributed by atoms with Crippen molar-refractivity contribution in [2.75, 3.05) is 32.8 Å². The third-order valence-electron chi connectivity index (χ3n) is 4.54. The molecule has 5 nitrogen and oxygen atoms in total. The van der Waals surface area contributed by atoms with Gasteiger partial charge in [0, 0.05) is 43.3 Å². The summed E-state index contributed by atoms with van der Waals surface area (Å²) in [5, 5.41) is 4.20. The van der Waals surface area contributed by atoms with Crippen LogP contribution in [0.25, 0.3) is 10.9 Å². The van der Waals surface area contributed by atoms with Gasteiger partial charge in [-0.05, 0) is 31.5 Å². The molecular weight excluding hydrogens is 302 g/mol. The Morgan fingerprint density at radius 1 is 1.33 bits per heavy atom. The number of carbonyl (C=O) groups is 1. The van der Waals surface area contributed by atoms with Crippen LogP contribution in [0.1, 0.15) is 30.6 Å². The zero-order valence-electron chi connectivity index (χ0n) is 14.4. The predicted octanol–water partition coefficient (Wildman–Crippen LogP) is 2.50. The fourth-order valence-corrected chi connectivity index (χ4v) is 3.15. The second kappa shape index (κ2) is 7.73. The van der Waals surface area contributed by atoms with E-state index in [-0.39, 0.29) is 11.8 Å². The molecule has 1 fully saturated rings. The van der Waals surface area contributed by atoms with Gasteiger partial charge in [0.1, 0.15) is 11.3 Å². The molecule has 1 atom stereocenters. The number of hydrogen-bond acceptors (Lipinski definition) is 5. The van der Waals surface area contributed by atoms with Crippen LogP contribution in [-0.4, -0.2) is 54.5 Å². The Labute approximate surface area is 143 Å². The molecule has 128 valence electrons. The average Bonchev–Trinajstić information content (AvgIpc) is 2.65. The van der Waals surface area contributed by atoms with Crippen LogP contribution < -0.4 is 10.1 Å². The van der Waals surface area contributed by atoms with Gasteiger partial charge in [-0.1, -0.05) is 13.0 Å². The first-order valence-corrected chi connectivity index (χ1v) is 8.72. The molecule has 1 aromatic heterocycles. The molecule has 1 aromatic carbocycles. The van der Waals surface area contributed by atoms with E-state index < -0.39 is 0 Å². The van der Waals surface area contributed by atoms with Crippen LogP contribution in [0.4, 0.5) is 0 Å². The monoisotopic (exact) mass is 327 g/mol. The lowest BCUT2D eigenvalue weighted by molar-refractivity contribution is 0.0822. The molecule has 1 aliphatic heterocycles. The van der Waals surface area contributed by atoms with E-state index in [1.54, 1.807) is 6.20 Å². The first kappa shape index (κ1) is 16.9. The number of ketones is 1. The van der Waals surface area contributed by atoms with Crippen molar-refractivity contribution in [3.8, 4) is 5.75 Å². The van der Waals surface area contributed by atoms with Crippen LogP contribution in [0, 0.1) is 0 Å². The highest BCUT2D eigenvalue weighted by molar-refractivity contribution is 6.10. The summed E-state index contributed by atoms with van der Waals surface area (Å²) in [6.07, 6.45) is 2.68. The fourth-order valence-electron chi connectivity index (χ4n) is 3.15. The highest BCUT2D eigenvalue weighted by atomic mass is 16.5. The van der Waals surface area contributed by atoms with E-state index in [1.165, 1.54) is 0 Å². The van der Waals surface area contributed by atoms with Gasteiger partial charge in [0.15, 0.2) is 5.78 Å². The van der Waals surface area contributed by atoms with Crippen molar-refractivity contribution in [2.24, 2.45) is 0 Å². The standard InChI is InChI=1S/C19H25N3O2/c1-3-13-24-17-7-6-16(15-5-4-8-21-18(15)17)19(23)14(2)22-11-9-20-10-12-22/h4-8,14,20H,3,9-13H2,1-2H3. The second-order valence-electron chi connectivity index (χ2n) is 6.19. The Balaban J connectivity index is 1.92. The average molecular weight is 327 g/mol. The summed E-state index contributed by atoms with van der Waals surface area (Å²) >= 11 is 0. The van der Waals surface area contributed by atoms with Crippen LogP contribution in [0.5, 0.6) is 5.75 Å². The van der Waals surface area contributed by atoms with E-state index >= 15 is 0 Å². The molecule has 0 aliphatic carbocycles. The van der Waals surface area contributed by atoms with Gasteiger partial charge in [0.05, 0.1) is 12.6 Å². The normalized spacial score (nSPS) is 16.9. The van der Waals surface area contributed by atoms with E-state index in [2.05, 4.69) is 22.1 Å². The lowest BCUT2D eigenvalue weighted by atomic mass is 9.98. The van der Waals surface area contributed by atoms with Crippen molar-refractivity contribution in [2.45, 2.75) is 26.3 Å². The Morgan fingerprint density at radius 2 is 2.12 bits per heavy atom. The number of ether oxygens (including phenoxy) is 1. The Morgan fingerprint density at radius 3 is 2.88 bits per heavy atom. The van der Waals surface area contributed by atoms with Crippen molar-refractivity contribution < 1.29 is 9.53 Å². The van der Waals surface area contributed by atoms with Gasteiger partial charge in [-0.2, -0.15) is 0 Å². The highest BCUT2D eigenvalue weighted by Crippen LogP contribution is 2.28. The van der Waals surface area contributed by atoms with E-state index in [1.807, 2.05) is 31.2 Å². The first-order chi connectivity index (χ1) is 11.7. The highest BCUT2D eigenvalue weighted by Gasteiger charge is 2.25. The molecule has 1 N–H and O–H groups in total. The molecular formula is C19H25N3O2. The summed E-state index contributed by atoms with van der Waals surface area (Å²) in [6, 6.07) is 7.47. The van der Waals surface area contributed by atoms with Crippen LogP contribution in [0.15, 0.2) is 30.5 Å². The molecule has 1 unspecified atom stereocenters. The van der Waals surface area contributed by atoms with Gasteiger partial charge >= 0.3 is 0 Å². The lowest BCUT2D eigenvalue weighted by Crippen LogP contribution is -2.50. The zero-order chi connectivity index (χ0) is 16.9. The Hall–Kier alpha value is -1.98. The molecule has 1 saturated heterocycles. The molecule has 5 heteroatoms. The van der Waals surface area contributed by atoms with Crippen LogP contribution >= 0.6 is 0 Å². The number of pyridine rings is 1. The van der Waals surface area contributed by atoms with Crippen LogP contribution in [0.2, 0.25) is 0 Å². The molecule has 0 amide bonds. The molecule has 0 saturated carbocycles. The SMILES string of the molecule is CCCOc1ccc(C(=O)C(C)N2CCNCC2)c2cccnc12. The predicted molar refractivity (Wildman–Crippen MR) is 95.8 cm³/mol. The number of rotatable bonds is 6. The van der Waals surface area contributed by atoms with Crippen molar-refractivity contribution in [3.05, 3.63) is 36.0 Å². The van der Waals surface area contributed by atoms with Crippen LogP contribution in [-0.2, 0) is 0 Å². The van der Waals surface area contributed by atoms with E-state index in [4.69, 9.17) is 4.74 Å². The summed E-state index contributed by atoms with van der Waals surface area (Å²) in [4.78, 5) is 19.7. The maximum Gasteiger partial charge on any atom is 0.180 e. The summed E-state index contributed by atoms with van der Waals surface area (Å²) < 4.78 is 5.79. The van der Waals surface area contributed by atoms with E-state index in [0.717, 1.165) is 54.8 Å². The molecule has 0 bridgehead atoms. The third kappa shape index (κ3) is 3.42. The molecule has 2 aromatic rings. The number of piperazine rings is 1. The van der Waals surface area contributed by atoms with E-state index in [0.29, 0.717) is 6.61 Å². The largest absolute Gasteiger partial charge is 0.491 e. The molecule has 2 heterocycles. The van der Waals surface area contributed by atoms with Gasteiger partial charge in [0.2, 0.25) is 0 Å². The van der Waals surface area contributed by atoms with Gasteiger partial charge in [-0.3, -0.25) is 14.7 Å². The van der Waals surface area contributed by atoms with Crippen LogP contribution in [0.3, 0.4) is 0 Å². The minimum Gasteiger partial charge on any atom is -0.491 e. The van der Waals surface area contributed by atoms with Crippen molar-refractivity contribution in [1.82, 2.24) is 15.2 Å². The first-order valence-electron chi connectivity index (χ1n) is 8.72. The summed E-state index contributed by atoms with van der Waals surface area (Å²) in [7, 11) is 0. The molecule has 1 aliphatic rings. The Kier molecular flexibility index (Phi) is 5.43. The smallest absolute Gasteiger partial charge is 0.180 e. The lowest BCUT2D eigenvalue weighted by Gasteiger charge is -2.32. The number of benzene rings is 1. The number of Topliss-reactive ketones (excluding diaryl/α,β-unsaturated/α-hetero) is 1. The second-order valence-corrected chi connectivity index (χ2v) is 6.19. The van der Waals surface area contributed by atoms with Crippen molar-refractivity contribution in [3.63, 3.8) is 0 Å². The maximum atomic E-state index is 13.1. The van der Waals surface area contributed by atoms with E-state index in [9.17, 15) is 4.79 Å². The van der Waals surface area contributed by atoms with Gasteiger partial charge in [-0.15, -0.1) is 0 Å². The maximum absolute atomic E-state index is 13.1. The van der Waals surface area contributed by atoms with Gasteiger partial charge in [0.25, 0.3) is 0 Å². The molecule has 3 rings (SSSR count). The minimum atomic E-state index is -0.127. The fraction of sp³-hybridized carbons (Fsp3) is 0.474. The van der Waals surface area contributed by atoms with Crippen molar-refractivity contribution in [1.29, 1.82) is 0 Å². The number of fused-ring (bicyclic) bond motifs is 1. The topological polar surface area (TPSA) is 54.5 Å². The number of carbonyl (C=O) groups excluding carboxylic acids is 1. The number of hydrogen-bond donors (Lipinski definition) is 1. The number of nitrogens with one attached hydrogen (secondary N) is 1. The summed E-state index contributed by atoms with van der Waals surface area (Å²) in [5.41, 5.74) is 1.50. The molecule has 24 heavy (non-hydrogen) atoms. The molecule has 0 spiro atoms. The summed E-state index contributed by atoms with van der Waals surface area (Å²) in [5.74, 6) is 0.899. The van der Waals surface area contributed by atoms with Gasteiger partial charge in [-0.25, -0.2) is 0 Å². The Bertz CT molecular complexity index is 711. The van der Waals surface area contributed by atoms with Crippen molar-refractivity contribution >= 4 is 16.7 Å². The molecule has 0 radical (unpaired) electrons. The number of aromatic nitrogens is 1. The minimum absolute atomic E-state index is 0.127.